The fourth-order valence-corrected chi connectivity index (χ4v) is 3.82. The van der Waals surface area contributed by atoms with Crippen LogP contribution in [0.1, 0.15) is 18.2 Å². The summed E-state index contributed by atoms with van der Waals surface area (Å²) in [5, 5.41) is 0. The first kappa shape index (κ1) is 11.3. The summed E-state index contributed by atoms with van der Waals surface area (Å²) in [5.74, 6) is 0.178. The van der Waals surface area contributed by atoms with Crippen molar-refractivity contribution < 1.29 is 8.42 Å². The van der Waals surface area contributed by atoms with Crippen LogP contribution in [0, 0.1) is 6.92 Å². The number of aromatic nitrogens is 2. The smallest absolute Gasteiger partial charge is 0.290 e. The number of hydrogen-bond donors (Lipinski definition) is 1. The summed E-state index contributed by atoms with van der Waals surface area (Å²) < 4.78 is 25.8. The van der Waals surface area contributed by atoms with Crippen molar-refractivity contribution in [2.45, 2.75) is 19.4 Å². The molecule has 0 amide bonds. The molecule has 1 aliphatic rings. The highest BCUT2D eigenvalue weighted by Gasteiger charge is 2.32. The van der Waals surface area contributed by atoms with Crippen LogP contribution in [0.15, 0.2) is 4.79 Å². The van der Waals surface area contributed by atoms with Crippen molar-refractivity contribution in [2.75, 3.05) is 17.2 Å². The molecule has 0 spiro atoms. The maximum atomic E-state index is 11.8. The van der Waals surface area contributed by atoms with Gasteiger partial charge in [-0.2, -0.15) is 0 Å². The quantitative estimate of drug-likeness (QED) is 0.718. The van der Waals surface area contributed by atoms with Gasteiger partial charge in [-0.3, -0.25) is 9.48 Å². The van der Waals surface area contributed by atoms with Crippen molar-refractivity contribution in [1.29, 1.82) is 0 Å². The van der Waals surface area contributed by atoms with Crippen LogP contribution < -0.4 is 11.3 Å². The van der Waals surface area contributed by atoms with Crippen LogP contribution in [0.25, 0.3) is 0 Å². The first-order chi connectivity index (χ1) is 7.33. The van der Waals surface area contributed by atoms with Gasteiger partial charge in [0.15, 0.2) is 9.84 Å². The van der Waals surface area contributed by atoms with Crippen LogP contribution in [-0.2, 0) is 16.9 Å². The van der Waals surface area contributed by atoms with Gasteiger partial charge in [-0.25, -0.2) is 13.1 Å². The molecule has 2 heterocycles. The Labute approximate surface area is 93.6 Å². The SMILES string of the molecule is Cc1c(N)c(=O)n(C2CCS(=O)(=O)C2)n1C. The molecule has 1 aromatic rings. The van der Waals surface area contributed by atoms with Gasteiger partial charge in [0.25, 0.3) is 5.56 Å². The van der Waals surface area contributed by atoms with Crippen molar-refractivity contribution >= 4 is 15.5 Å². The van der Waals surface area contributed by atoms with E-state index in [1.807, 2.05) is 0 Å². The summed E-state index contributed by atoms with van der Waals surface area (Å²) in [4.78, 5) is 11.8. The zero-order valence-corrected chi connectivity index (χ0v) is 10.1. The minimum Gasteiger partial charge on any atom is -0.393 e. The molecule has 2 rings (SSSR count). The van der Waals surface area contributed by atoms with E-state index in [1.54, 1.807) is 18.7 Å². The normalized spacial score (nSPS) is 23.8. The van der Waals surface area contributed by atoms with Gasteiger partial charge in [0, 0.05) is 7.05 Å². The molecule has 1 aromatic heterocycles. The van der Waals surface area contributed by atoms with Crippen LogP contribution in [0.3, 0.4) is 0 Å². The average Bonchev–Trinajstić information content (AvgIpc) is 2.63. The molecule has 7 heteroatoms. The molecule has 0 bridgehead atoms. The van der Waals surface area contributed by atoms with Gasteiger partial charge in [0.2, 0.25) is 0 Å². The molecule has 0 aliphatic carbocycles. The largest absolute Gasteiger partial charge is 0.393 e. The van der Waals surface area contributed by atoms with E-state index >= 15 is 0 Å². The average molecular weight is 245 g/mol. The number of anilines is 1. The Morgan fingerprint density at radius 1 is 1.44 bits per heavy atom. The maximum absolute atomic E-state index is 11.8. The number of sulfone groups is 1. The lowest BCUT2D eigenvalue weighted by Crippen LogP contribution is -2.28. The van der Waals surface area contributed by atoms with Gasteiger partial charge in [-0.05, 0) is 13.3 Å². The molecule has 1 atom stereocenters. The van der Waals surface area contributed by atoms with Crippen molar-refractivity contribution in [2.24, 2.45) is 7.05 Å². The number of nitrogens with zero attached hydrogens (tertiary/aromatic N) is 2. The van der Waals surface area contributed by atoms with E-state index < -0.39 is 9.84 Å². The number of hydrogen-bond acceptors (Lipinski definition) is 4. The lowest BCUT2D eigenvalue weighted by molar-refractivity contribution is 0.413. The van der Waals surface area contributed by atoms with Gasteiger partial charge < -0.3 is 5.73 Å². The van der Waals surface area contributed by atoms with Crippen molar-refractivity contribution in [3.05, 3.63) is 16.0 Å². The minimum absolute atomic E-state index is 0.0314. The summed E-state index contributed by atoms with van der Waals surface area (Å²) in [7, 11) is -1.27. The van der Waals surface area contributed by atoms with E-state index in [9.17, 15) is 13.2 Å². The molecule has 1 saturated heterocycles. The molecule has 2 N–H and O–H groups in total. The van der Waals surface area contributed by atoms with Gasteiger partial charge in [0.1, 0.15) is 5.69 Å². The number of nitrogens with two attached hydrogens (primary N) is 1. The highest BCUT2D eigenvalue weighted by molar-refractivity contribution is 7.91. The van der Waals surface area contributed by atoms with Crippen LogP contribution in [0.5, 0.6) is 0 Å². The third-order valence-electron chi connectivity index (χ3n) is 3.19. The summed E-state index contributed by atoms with van der Waals surface area (Å²) in [6.45, 7) is 1.75. The Kier molecular flexibility index (Phi) is 2.37. The Balaban J connectivity index is 2.51. The molecule has 1 unspecified atom stereocenters. The van der Waals surface area contributed by atoms with E-state index in [0.29, 0.717) is 12.1 Å². The number of rotatable bonds is 1. The Bertz CT molecular complexity index is 582. The molecule has 1 fully saturated rings. The van der Waals surface area contributed by atoms with Crippen LogP contribution >= 0.6 is 0 Å². The van der Waals surface area contributed by atoms with Crippen LogP contribution in [0.4, 0.5) is 5.69 Å². The molecule has 16 heavy (non-hydrogen) atoms. The first-order valence-corrected chi connectivity index (χ1v) is 6.89. The second kappa shape index (κ2) is 3.38. The second-order valence-electron chi connectivity index (χ2n) is 4.23. The lowest BCUT2D eigenvalue weighted by Gasteiger charge is -2.13. The van der Waals surface area contributed by atoms with E-state index in [-0.39, 0.29) is 28.8 Å². The predicted octanol–water partition coefficient (Wildman–Crippen LogP) is -0.563. The Hall–Kier alpha value is -1.24. The lowest BCUT2D eigenvalue weighted by atomic mass is 10.3. The van der Waals surface area contributed by atoms with Crippen LogP contribution in [0.2, 0.25) is 0 Å². The third-order valence-corrected chi connectivity index (χ3v) is 4.94. The van der Waals surface area contributed by atoms with E-state index in [1.165, 1.54) is 4.68 Å². The molecular formula is C9H15N3O3S. The molecule has 0 aromatic carbocycles. The fourth-order valence-electron chi connectivity index (χ4n) is 2.13. The highest BCUT2D eigenvalue weighted by Crippen LogP contribution is 2.23. The van der Waals surface area contributed by atoms with Crippen molar-refractivity contribution in [3.8, 4) is 0 Å². The van der Waals surface area contributed by atoms with Gasteiger partial charge in [-0.1, -0.05) is 0 Å². The van der Waals surface area contributed by atoms with Crippen molar-refractivity contribution in [1.82, 2.24) is 9.36 Å². The van der Waals surface area contributed by atoms with Gasteiger partial charge >= 0.3 is 0 Å². The topological polar surface area (TPSA) is 87.1 Å². The first-order valence-electron chi connectivity index (χ1n) is 5.07. The molecule has 1 aliphatic heterocycles. The maximum Gasteiger partial charge on any atom is 0.290 e. The minimum atomic E-state index is -2.99. The fraction of sp³-hybridized carbons (Fsp3) is 0.667. The second-order valence-corrected chi connectivity index (χ2v) is 6.46. The molecule has 90 valence electrons. The predicted molar refractivity (Wildman–Crippen MR) is 61.1 cm³/mol. The zero-order chi connectivity index (χ0) is 12.1. The standard InChI is InChI=1S/C9H15N3O3S/c1-6-8(10)9(13)12(11(6)2)7-3-4-16(14,15)5-7/h7H,3-5,10H2,1-2H3. The summed E-state index contributed by atoms with van der Waals surface area (Å²) in [6.07, 6.45) is 0.485. The molecule has 0 radical (unpaired) electrons. The highest BCUT2D eigenvalue weighted by atomic mass is 32.2. The van der Waals surface area contributed by atoms with Crippen LogP contribution in [-0.4, -0.2) is 29.3 Å². The summed E-state index contributed by atoms with van der Waals surface area (Å²) in [6, 6.07) is -0.279. The van der Waals surface area contributed by atoms with Gasteiger partial charge in [0.05, 0.1) is 23.2 Å². The summed E-state index contributed by atoms with van der Waals surface area (Å²) in [5.41, 5.74) is 6.22. The Morgan fingerprint density at radius 3 is 2.44 bits per heavy atom. The number of nitrogen functional groups attached to an aromatic ring is 1. The summed E-state index contributed by atoms with van der Waals surface area (Å²) >= 11 is 0. The van der Waals surface area contributed by atoms with E-state index in [4.69, 9.17) is 5.73 Å². The zero-order valence-electron chi connectivity index (χ0n) is 9.30. The molecule has 0 saturated carbocycles. The van der Waals surface area contributed by atoms with E-state index in [0.717, 1.165) is 0 Å². The van der Waals surface area contributed by atoms with Gasteiger partial charge in [-0.15, -0.1) is 0 Å². The third kappa shape index (κ3) is 1.55. The Morgan fingerprint density at radius 2 is 2.06 bits per heavy atom. The molecule has 6 nitrogen and oxygen atoms in total. The van der Waals surface area contributed by atoms with Crippen molar-refractivity contribution in [3.63, 3.8) is 0 Å². The monoisotopic (exact) mass is 245 g/mol. The van der Waals surface area contributed by atoms with E-state index in [2.05, 4.69) is 0 Å². The molecular weight excluding hydrogens is 230 g/mol.